The third-order valence-corrected chi connectivity index (χ3v) is 7.19. The van der Waals surface area contributed by atoms with E-state index in [2.05, 4.69) is 15.2 Å². The van der Waals surface area contributed by atoms with Crippen molar-refractivity contribution in [2.75, 3.05) is 12.1 Å². The van der Waals surface area contributed by atoms with Gasteiger partial charge < -0.3 is 9.47 Å². The van der Waals surface area contributed by atoms with Crippen molar-refractivity contribution in [2.45, 2.75) is 13.2 Å². The maximum atomic E-state index is 12.9. The number of carbonyl (C=O) groups excluding carboxylic acids is 1. The second-order valence-electron chi connectivity index (χ2n) is 9.38. The number of aldehydes is 1. The van der Waals surface area contributed by atoms with Gasteiger partial charge in [-0.3, -0.25) is 19.6 Å². The molecule has 0 bridgehead atoms. The lowest BCUT2D eigenvalue weighted by Gasteiger charge is -2.15. The van der Waals surface area contributed by atoms with Gasteiger partial charge in [-0.2, -0.15) is 14.9 Å². The van der Waals surface area contributed by atoms with Crippen LogP contribution in [0, 0.1) is 0 Å². The van der Waals surface area contributed by atoms with Crippen LogP contribution in [0.2, 0.25) is 15.1 Å². The van der Waals surface area contributed by atoms with Crippen molar-refractivity contribution in [3.63, 3.8) is 0 Å². The molecular formula is C32H24Cl3N5O4. The van der Waals surface area contributed by atoms with Crippen molar-refractivity contribution < 1.29 is 14.3 Å². The van der Waals surface area contributed by atoms with E-state index in [-0.39, 0.29) is 23.3 Å². The summed E-state index contributed by atoms with van der Waals surface area (Å²) in [6.45, 7) is 0.560. The van der Waals surface area contributed by atoms with Gasteiger partial charge in [-0.25, -0.2) is 0 Å². The number of nitrogens with zero attached hydrogens (tertiary/aromatic N) is 5. The minimum absolute atomic E-state index is 0.0631. The van der Waals surface area contributed by atoms with E-state index in [0.717, 1.165) is 27.9 Å². The Morgan fingerprint density at radius 1 is 0.864 bits per heavy atom. The highest BCUT2D eigenvalue weighted by molar-refractivity contribution is 6.36. The van der Waals surface area contributed by atoms with Crippen LogP contribution in [-0.2, 0) is 13.2 Å². The number of benzene rings is 3. The Morgan fingerprint density at radius 3 is 2.07 bits per heavy atom. The molecule has 5 rings (SSSR count). The third kappa shape index (κ3) is 7.62. The lowest BCUT2D eigenvalue weighted by Crippen LogP contribution is -2.24. The van der Waals surface area contributed by atoms with E-state index in [1.165, 1.54) is 17.3 Å². The Morgan fingerprint density at radius 2 is 1.48 bits per heavy atom. The molecule has 0 radical (unpaired) electrons. The molecule has 0 aliphatic heterocycles. The zero-order chi connectivity index (χ0) is 31.1. The summed E-state index contributed by atoms with van der Waals surface area (Å²) in [5, 5.41) is 10.7. The molecule has 44 heavy (non-hydrogen) atoms. The smallest absolute Gasteiger partial charge is 0.292 e. The van der Waals surface area contributed by atoms with Crippen LogP contribution in [0.5, 0.6) is 11.5 Å². The zero-order valence-electron chi connectivity index (χ0n) is 23.2. The Balaban J connectivity index is 1.17. The van der Waals surface area contributed by atoms with Crippen molar-refractivity contribution in [1.82, 2.24) is 14.8 Å². The number of ether oxygens (including phenoxy) is 2. The van der Waals surface area contributed by atoms with E-state index in [1.54, 1.807) is 49.7 Å². The zero-order valence-corrected chi connectivity index (χ0v) is 25.5. The first-order valence-corrected chi connectivity index (χ1v) is 14.3. The Hall–Kier alpha value is -4.70. The van der Waals surface area contributed by atoms with Gasteiger partial charge in [0, 0.05) is 17.6 Å². The molecule has 2 heterocycles. The van der Waals surface area contributed by atoms with Gasteiger partial charge in [-0.1, -0.05) is 40.9 Å². The van der Waals surface area contributed by atoms with Gasteiger partial charge in [-0.05, 0) is 84.4 Å². The van der Waals surface area contributed by atoms with E-state index >= 15 is 0 Å². The van der Waals surface area contributed by atoms with Crippen molar-refractivity contribution in [1.29, 1.82) is 0 Å². The quantitative estimate of drug-likeness (QED) is 0.0862. The minimum atomic E-state index is -0.546. The van der Waals surface area contributed by atoms with Gasteiger partial charge in [0.1, 0.15) is 41.7 Å². The number of aromatic nitrogens is 3. The summed E-state index contributed by atoms with van der Waals surface area (Å²) in [6.07, 6.45) is 3.85. The molecule has 2 aromatic heterocycles. The number of rotatable bonds is 11. The van der Waals surface area contributed by atoms with E-state index in [1.807, 2.05) is 42.5 Å². The van der Waals surface area contributed by atoms with Crippen LogP contribution in [0.15, 0.2) is 101 Å². The van der Waals surface area contributed by atoms with Crippen molar-refractivity contribution in [3.05, 3.63) is 139 Å². The summed E-state index contributed by atoms with van der Waals surface area (Å²) in [5.41, 5.74) is 3.03. The van der Waals surface area contributed by atoms with Gasteiger partial charge in [-0.15, -0.1) is 0 Å². The summed E-state index contributed by atoms with van der Waals surface area (Å²) in [5.74, 6) is 1.31. The maximum absolute atomic E-state index is 12.9. The van der Waals surface area contributed by atoms with Crippen LogP contribution < -0.4 is 20.0 Å². The SMILES string of the molecule is CN(N=Cc1ccc(OCc2cccc(COc3ccc(C=O)cc3)n2)cc1)c1cnn(-c2ccc(Cl)cc2Cl)c(=O)c1Cl. The van der Waals surface area contributed by atoms with Crippen LogP contribution in [0.3, 0.4) is 0 Å². The molecule has 0 saturated heterocycles. The first-order chi connectivity index (χ1) is 21.3. The maximum Gasteiger partial charge on any atom is 0.292 e. The standard InChI is InChI=1S/C32H24Cl3N5O4/c1-39(30-17-37-40(32(42)31(30)35)29-14-9-23(33)15-28(29)34)36-16-21-5-10-26(11-6-21)43-19-24-3-2-4-25(38-24)20-44-27-12-7-22(18-41)8-13-27/h2-18H,19-20H2,1H3. The topological polar surface area (TPSA) is 98.9 Å². The van der Waals surface area contributed by atoms with E-state index < -0.39 is 5.56 Å². The minimum Gasteiger partial charge on any atom is -0.487 e. The molecular weight excluding hydrogens is 625 g/mol. The first kappa shape index (κ1) is 30.7. The average molecular weight is 649 g/mol. The fourth-order valence-electron chi connectivity index (χ4n) is 3.99. The van der Waals surface area contributed by atoms with Crippen molar-refractivity contribution in [3.8, 4) is 17.2 Å². The molecule has 0 spiro atoms. The number of anilines is 1. The molecule has 0 amide bonds. The normalized spacial score (nSPS) is 11.0. The summed E-state index contributed by atoms with van der Waals surface area (Å²) < 4.78 is 12.8. The molecule has 0 fully saturated rings. The summed E-state index contributed by atoms with van der Waals surface area (Å²) in [6, 6.07) is 24.6. The summed E-state index contributed by atoms with van der Waals surface area (Å²) in [4.78, 5) is 28.3. The fraction of sp³-hybridized carbons (Fsp3) is 0.0938. The van der Waals surface area contributed by atoms with Crippen LogP contribution in [0.4, 0.5) is 5.69 Å². The van der Waals surface area contributed by atoms with Crippen molar-refractivity contribution in [2.24, 2.45) is 5.10 Å². The molecule has 0 saturated carbocycles. The number of pyridine rings is 1. The van der Waals surface area contributed by atoms with Gasteiger partial charge in [0.25, 0.3) is 5.56 Å². The van der Waals surface area contributed by atoms with Crippen LogP contribution in [0.25, 0.3) is 5.69 Å². The van der Waals surface area contributed by atoms with Gasteiger partial charge in [0.05, 0.1) is 34.5 Å². The molecule has 3 aromatic carbocycles. The molecule has 0 aliphatic carbocycles. The van der Waals surface area contributed by atoms with Crippen LogP contribution in [-0.4, -0.2) is 34.3 Å². The number of hydrogen-bond acceptors (Lipinski definition) is 8. The summed E-state index contributed by atoms with van der Waals surface area (Å²) in [7, 11) is 1.66. The largest absolute Gasteiger partial charge is 0.487 e. The Labute approximate surface area is 267 Å². The molecule has 5 aromatic rings. The molecule has 0 unspecified atom stereocenters. The number of carbonyl (C=O) groups is 1. The van der Waals surface area contributed by atoms with Crippen molar-refractivity contribution >= 4 is 53.0 Å². The number of halogens is 3. The third-order valence-electron chi connectivity index (χ3n) is 6.30. The highest BCUT2D eigenvalue weighted by Gasteiger charge is 2.15. The second-order valence-corrected chi connectivity index (χ2v) is 10.6. The second kappa shape index (κ2) is 14.2. The van der Waals surface area contributed by atoms with E-state index in [9.17, 15) is 9.59 Å². The Bertz CT molecular complexity index is 1860. The van der Waals surface area contributed by atoms with Crippen LogP contribution >= 0.6 is 34.8 Å². The monoisotopic (exact) mass is 647 g/mol. The number of hydrogen-bond donors (Lipinski definition) is 0. The molecule has 222 valence electrons. The highest BCUT2D eigenvalue weighted by Crippen LogP contribution is 2.25. The van der Waals surface area contributed by atoms with Gasteiger partial charge >= 0.3 is 0 Å². The first-order valence-electron chi connectivity index (χ1n) is 13.2. The highest BCUT2D eigenvalue weighted by atomic mass is 35.5. The molecule has 12 heteroatoms. The van der Waals surface area contributed by atoms with Gasteiger partial charge in [0.2, 0.25) is 0 Å². The predicted octanol–water partition coefficient (Wildman–Crippen LogP) is 7.03. The molecule has 0 atom stereocenters. The predicted molar refractivity (Wildman–Crippen MR) is 172 cm³/mol. The van der Waals surface area contributed by atoms with E-state index in [4.69, 9.17) is 44.3 Å². The lowest BCUT2D eigenvalue weighted by atomic mass is 10.2. The molecule has 0 aliphatic rings. The molecule has 0 N–H and O–H groups in total. The molecule has 9 nitrogen and oxygen atoms in total. The Kier molecular flexibility index (Phi) is 9.91. The lowest BCUT2D eigenvalue weighted by molar-refractivity contribution is 0.112. The van der Waals surface area contributed by atoms with Crippen LogP contribution in [0.1, 0.15) is 27.3 Å². The van der Waals surface area contributed by atoms with E-state index in [0.29, 0.717) is 33.5 Å². The average Bonchev–Trinajstić information content (AvgIpc) is 3.04. The summed E-state index contributed by atoms with van der Waals surface area (Å²) >= 11 is 18.6. The number of hydrazone groups is 1. The van der Waals surface area contributed by atoms with Gasteiger partial charge in [0.15, 0.2) is 0 Å². The fourth-order valence-corrected chi connectivity index (χ4v) is 4.73.